The molecule has 0 unspecified atom stereocenters. The molecule has 0 aliphatic heterocycles. The molecule has 2 heterocycles. The molecule has 0 fully saturated rings. The van der Waals surface area contributed by atoms with Crippen molar-refractivity contribution in [2.24, 2.45) is 0 Å². The topological polar surface area (TPSA) is 37.8 Å². The van der Waals surface area contributed by atoms with Crippen molar-refractivity contribution in [3.63, 3.8) is 0 Å². The number of aromatic nitrogens is 2. The van der Waals surface area contributed by atoms with Crippen LogP contribution in [0.15, 0.2) is 34.6 Å². The highest BCUT2D eigenvalue weighted by atomic mass is 79.9. The van der Waals surface area contributed by atoms with Gasteiger partial charge in [0.2, 0.25) is 0 Å². The van der Waals surface area contributed by atoms with Crippen molar-refractivity contribution in [1.29, 1.82) is 0 Å². The zero-order valence-electron chi connectivity index (χ0n) is 7.27. The molecule has 2 aromatic rings. The fraction of sp³-hybridized carbons (Fsp3) is 0.111. The lowest BCUT2D eigenvalue weighted by Gasteiger charge is -2.03. The third kappa shape index (κ3) is 2.52. The zero-order chi connectivity index (χ0) is 9.80. The van der Waals surface area contributed by atoms with Gasteiger partial charge in [-0.15, -0.1) is 11.3 Å². The average molecular weight is 270 g/mol. The smallest absolute Gasteiger partial charge is 0.0794 e. The maximum atomic E-state index is 4.06. The van der Waals surface area contributed by atoms with Gasteiger partial charge < -0.3 is 5.32 Å². The minimum atomic E-state index is 0.794. The highest BCUT2D eigenvalue weighted by Gasteiger charge is 1.96. The summed E-state index contributed by atoms with van der Waals surface area (Å²) in [5.41, 5.74) is 2.84. The molecule has 1 N–H and O–H groups in total. The molecular formula is C9H8BrN3S. The van der Waals surface area contributed by atoms with Gasteiger partial charge in [-0.05, 0) is 22.0 Å². The fourth-order valence-corrected chi connectivity index (χ4v) is 1.93. The van der Waals surface area contributed by atoms with Gasteiger partial charge in [0.1, 0.15) is 0 Å². The van der Waals surface area contributed by atoms with Crippen molar-refractivity contribution in [3.05, 3.63) is 39.5 Å². The largest absolute Gasteiger partial charge is 0.379 e. The second kappa shape index (κ2) is 4.52. The Hall–Kier alpha value is -0.940. The second-order valence-electron chi connectivity index (χ2n) is 2.71. The van der Waals surface area contributed by atoms with Crippen molar-refractivity contribution in [2.75, 3.05) is 5.32 Å². The summed E-state index contributed by atoms with van der Waals surface area (Å²) in [5, 5.41) is 3.27. The molecule has 0 aliphatic carbocycles. The van der Waals surface area contributed by atoms with Crippen molar-refractivity contribution < 1.29 is 0 Å². The molecule has 2 aromatic heterocycles. The fourth-order valence-electron chi connectivity index (χ4n) is 1.03. The molecule has 2 rings (SSSR count). The van der Waals surface area contributed by atoms with Crippen LogP contribution in [0.2, 0.25) is 0 Å². The van der Waals surface area contributed by atoms with Crippen LogP contribution in [0.1, 0.15) is 4.88 Å². The van der Waals surface area contributed by atoms with Crippen molar-refractivity contribution in [3.8, 4) is 0 Å². The number of nitrogens with one attached hydrogen (secondary N) is 1. The van der Waals surface area contributed by atoms with Gasteiger partial charge in [-0.3, -0.25) is 9.97 Å². The number of nitrogens with zero attached hydrogens (tertiary/aromatic N) is 2. The van der Waals surface area contributed by atoms with E-state index in [0.717, 1.165) is 16.7 Å². The molecule has 72 valence electrons. The molecule has 0 atom stereocenters. The Morgan fingerprint density at radius 1 is 1.29 bits per heavy atom. The third-order valence-corrected chi connectivity index (χ3v) is 2.87. The number of hydrogen-bond acceptors (Lipinski definition) is 4. The molecule has 0 aliphatic rings. The van der Waals surface area contributed by atoms with Gasteiger partial charge >= 0.3 is 0 Å². The summed E-state index contributed by atoms with van der Waals surface area (Å²) in [6.07, 6.45) is 5.42. The van der Waals surface area contributed by atoms with Crippen LogP contribution in [0.25, 0.3) is 0 Å². The Bertz CT molecular complexity index is 402. The first-order valence-electron chi connectivity index (χ1n) is 4.06. The summed E-state index contributed by atoms with van der Waals surface area (Å²) in [6, 6.07) is 1.99. The van der Waals surface area contributed by atoms with Crippen LogP contribution in [0.5, 0.6) is 0 Å². The van der Waals surface area contributed by atoms with Crippen LogP contribution in [0, 0.1) is 0 Å². The van der Waals surface area contributed by atoms with Gasteiger partial charge in [-0.25, -0.2) is 0 Å². The molecule has 0 aromatic carbocycles. The summed E-state index contributed by atoms with van der Waals surface area (Å²) >= 11 is 5.01. The van der Waals surface area contributed by atoms with Gasteiger partial charge in [0.05, 0.1) is 23.9 Å². The first-order chi connectivity index (χ1) is 6.84. The van der Waals surface area contributed by atoms with E-state index in [1.807, 2.05) is 17.8 Å². The lowest BCUT2D eigenvalue weighted by Crippen LogP contribution is -1.97. The van der Waals surface area contributed by atoms with Gasteiger partial charge in [0, 0.05) is 21.7 Å². The summed E-state index contributed by atoms with van der Waals surface area (Å²) in [7, 11) is 0. The summed E-state index contributed by atoms with van der Waals surface area (Å²) < 4.78 is 0.979. The number of rotatable bonds is 3. The lowest BCUT2D eigenvalue weighted by molar-refractivity contribution is 1.16. The highest BCUT2D eigenvalue weighted by Crippen LogP contribution is 2.15. The van der Waals surface area contributed by atoms with Crippen molar-refractivity contribution in [1.82, 2.24) is 9.97 Å². The Morgan fingerprint density at radius 2 is 2.21 bits per heavy atom. The molecule has 14 heavy (non-hydrogen) atoms. The molecule has 0 saturated heterocycles. The predicted octanol–water partition coefficient (Wildman–Crippen LogP) is 2.91. The SMILES string of the molecule is Brc1cncc(NCc2cncs2)c1. The van der Waals surface area contributed by atoms with Crippen LogP contribution in [-0.4, -0.2) is 9.97 Å². The van der Waals surface area contributed by atoms with E-state index >= 15 is 0 Å². The summed E-state index contributed by atoms with van der Waals surface area (Å²) in [6.45, 7) is 0.794. The normalized spacial score (nSPS) is 10.1. The number of thiazole rings is 1. The summed E-state index contributed by atoms with van der Waals surface area (Å²) in [4.78, 5) is 9.28. The molecule has 0 spiro atoms. The van der Waals surface area contributed by atoms with Crippen LogP contribution >= 0.6 is 27.3 Å². The standard InChI is InChI=1S/C9H8BrN3S/c10-7-1-8(3-11-2-7)13-5-9-4-12-6-14-9/h1-4,6,13H,5H2. The van der Waals surface area contributed by atoms with Gasteiger partial charge in [0.15, 0.2) is 0 Å². The van der Waals surface area contributed by atoms with Gasteiger partial charge in [-0.2, -0.15) is 0 Å². The molecule has 0 radical (unpaired) electrons. The predicted molar refractivity (Wildman–Crippen MR) is 61.4 cm³/mol. The van der Waals surface area contributed by atoms with Gasteiger partial charge in [0.25, 0.3) is 0 Å². The van der Waals surface area contributed by atoms with E-state index in [-0.39, 0.29) is 0 Å². The van der Waals surface area contributed by atoms with Crippen LogP contribution in [0.4, 0.5) is 5.69 Å². The highest BCUT2D eigenvalue weighted by molar-refractivity contribution is 9.10. The maximum Gasteiger partial charge on any atom is 0.0794 e. The van der Waals surface area contributed by atoms with Crippen LogP contribution < -0.4 is 5.32 Å². The van der Waals surface area contributed by atoms with Crippen LogP contribution in [0.3, 0.4) is 0 Å². The number of hydrogen-bond donors (Lipinski definition) is 1. The first kappa shape index (κ1) is 9.61. The minimum Gasteiger partial charge on any atom is -0.379 e. The minimum absolute atomic E-state index is 0.794. The van der Waals surface area contributed by atoms with Crippen molar-refractivity contribution in [2.45, 2.75) is 6.54 Å². The number of pyridine rings is 1. The molecule has 0 amide bonds. The van der Waals surface area contributed by atoms with Crippen LogP contribution in [-0.2, 0) is 6.54 Å². The molecule has 0 saturated carbocycles. The maximum absolute atomic E-state index is 4.06. The third-order valence-electron chi connectivity index (χ3n) is 1.66. The Balaban J connectivity index is 1.98. The average Bonchev–Trinajstić information content (AvgIpc) is 2.67. The number of anilines is 1. The Labute approximate surface area is 94.4 Å². The molecule has 0 bridgehead atoms. The van der Waals surface area contributed by atoms with E-state index in [0.29, 0.717) is 0 Å². The quantitative estimate of drug-likeness (QED) is 0.931. The zero-order valence-corrected chi connectivity index (χ0v) is 9.68. The van der Waals surface area contributed by atoms with Gasteiger partial charge in [-0.1, -0.05) is 0 Å². The Kier molecular flexibility index (Phi) is 3.10. The molecule has 5 heteroatoms. The first-order valence-corrected chi connectivity index (χ1v) is 5.73. The van der Waals surface area contributed by atoms with E-state index in [2.05, 4.69) is 31.2 Å². The molecular weight excluding hydrogens is 262 g/mol. The van der Waals surface area contributed by atoms with E-state index in [4.69, 9.17) is 0 Å². The lowest BCUT2D eigenvalue weighted by atomic mass is 10.4. The monoisotopic (exact) mass is 269 g/mol. The van der Waals surface area contributed by atoms with E-state index < -0.39 is 0 Å². The summed E-state index contributed by atoms with van der Waals surface area (Å²) in [5.74, 6) is 0. The molecule has 3 nitrogen and oxygen atoms in total. The van der Waals surface area contributed by atoms with E-state index in [9.17, 15) is 0 Å². The Morgan fingerprint density at radius 3 is 2.93 bits per heavy atom. The van der Waals surface area contributed by atoms with E-state index in [1.54, 1.807) is 23.7 Å². The number of halogens is 1. The van der Waals surface area contributed by atoms with Crippen molar-refractivity contribution >= 4 is 33.0 Å². The second-order valence-corrected chi connectivity index (χ2v) is 4.60. The van der Waals surface area contributed by atoms with E-state index in [1.165, 1.54) is 4.88 Å².